The van der Waals surface area contributed by atoms with Crippen LogP contribution in [0.4, 0.5) is 0 Å². The first-order valence-electron chi connectivity index (χ1n) is 6.17. The number of amides is 1. The molecule has 1 aliphatic heterocycles. The smallest absolute Gasteiger partial charge is 0.251 e. The maximum Gasteiger partial charge on any atom is 0.251 e. The Labute approximate surface area is 115 Å². The van der Waals surface area contributed by atoms with Crippen molar-refractivity contribution in [3.63, 3.8) is 0 Å². The molecule has 5 heteroatoms. The first-order valence-corrected chi connectivity index (χ1v) is 6.96. The summed E-state index contributed by atoms with van der Waals surface area (Å²) in [6.07, 6.45) is 3.36. The van der Waals surface area contributed by atoms with Crippen LogP contribution in [0, 0.1) is 0 Å². The minimum absolute atomic E-state index is 0.0834. The van der Waals surface area contributed by atoms with Gasteiger partial charge in [-0.3, -0.25) is 4.79 Å². The van der Waals surface area contributed by atoms with Gasteiger partial charge in [-0.15, -0.1) is 0 Å². The third-order valence-corrected chi connectivity index (χ3v) is 3.82. The summed E-state index contributed by atoms with van der Waals surface area (Å²) in [7, 11) is 0. The van der Waals surface area contributed by atoms with Gasteiger partial charge in [-0.2, -0.15) is 0 Å². The summed E-state index contributed by atoms with van der Waals surface area (Å²) in [5, 5.41) is 15.8. The molecule has 98 valence electrons. The SMILES string of the molecule is O=C(NCC[C@H]1CCCN1)c1ccc(Br)c(O)c1. The Balaban J connectivity index is 1.81. The number of nitrogens with one attached hydrogen (secondary N) is 2. The summed E-state index contributed by atoms with van der Waals surface area (Å²) in [6, 6.07) is 5.35. The van der Waals surface area contributed by atoms with E-state index in [0.29, 0.717) is 22.6 Å². The predicted octanol–water partition coefficient (Wildman–Crippen LogP) is 2.03. The molecule has 0 aliphatic carbocycles. The van der Waals surface area contributed by atoms with Gasteiger partial charge in [0.1, 0.15) is 5.75 Å². The molecule has 0 spiro atoms. The van der Waals surface area contributed by atoms with Crippen LogP contribution in [0.5, 0.6) is 5.75 Å². The van der Waals surface area contributed by atoms with Crippen molar-refractivity contribution in [3.05, 3.63) is 28.2 Å². The van der Waals surface area contributed by atoms with E-state index in [1.165, 1.54) is 18.9 Å². The molecule has 1 aromatic rings. The summed E-state index contributed by atoms with van der Waals surface area (Å²) >= 11 is 3.19. The molecule has 0 bridgehead atoms. The standard InChI is InChI=1S/C13H17BrN2O2/c14-11-4-3-9(8-12(11)17)13(18)16-7-5-10-2-1-6-15-10/h3-4,8,10,15,17H,1-2,5-7H2,(H,16,18)/t10-/m1/s1. The fourth-order valence-electron chi connectivity index (χ4n) is 2.12. The molecular formula is C13H17BrN2O2. The highest BCUT2D eigenvalue weighted by molar-refractivity contribution is 9.10. The van der Waals surface area contributed by atoms with Crippen molar-refractivity contribution in [1.82, 2.24) is 10.6 Å². The Hall–Kier alpha value is -1.07. The lowest BCUT2D eigenvalue weighted by molar-refractivity contribution is 0.0952. The molecule has 1 aliphatic rings. The Morgan fingerprint density at radius 3 is 3.06 bits per heavy atom. The zero-order valence-corrected chi connectivity index (χ0v) is 11.7. The molecule has 1 aromatic carbocycles. The van der Waals surface area contributed by atoms with Crippen molar-refractivity contribution in [2.45, 2.75) is 25.3 Å². The van der Waals surface area contributed by atoms with Crippen molar-refractivity contribution in [1.29, 1.82) is 0 Å². The number of phenols is 1. The molecule has 1 amide bonds. The van der Waals surface area contributed by atoms with Gasteiger partial charge in [0.15, 0.2) is 0 Å². The predicted molar refractivity (Wildman–Crippen MR) is 73.8 cm³/mol. The topological polar surface area (TPSA) is 61.4 Å². The van der Waals surface area contributed by atoms with Crippen LogP contribution >= 0.6 is 15.9 Å². The largest absolute Gasteiger partial charge is 0.507 e. The highest BCUT2D eigenvalue weighted by Crippen LogP contribution is 2.24. The van der Waals surface area contributed by atoms with Gasteiger partial charge in [-0.1, -0.05) is 0 Å². The number of carbonyl (C=O) groups is 1. The second kappa shape index (κ2) is 6.20. The third kappa shape index (κ3) is 3.46. The molecule has 3 N–H and O–H groups in total. The van der Waals surface area contributed by atoms with E-state index in [-0.39, 0.29) is 11.7 Å². The minimum atomic E-state index is -0.143. The summed E-state index contributed by atoms with van der Waals surface area (Å²) in [4.78, 5) is 11.8. The lowest BCUT2D eigenvalue weighted by Gasteiger charge is -2.11. The fraction of sp³-hybridized carbons (Fsp3) is 0.462. The van der Waals surface area contributed by atoms with Gasteiger partial charge >= 0.3 is 0 Å². The van der Waals surface area contributed by atoms with E-state index in [1.807, 2.05) is 0 Å². The Kier molecular flexibility index (Phi) is 4.60. The van der Waals surface area contributed by atoms with E-state index in [9.17, 15) is 9.90 Å². The highest BCUT2D eigenvalue weighted by atomic mass is 79.9. The zero-order chi connectivity index (χ0) is 13.0. The third-order valence-electron chi connectivity index (χ3n) is 3.15. The van der Waals surface area contributed by atoms with Gasteiger partial charge in [-0.05, 0) is 59.9 Å². The van der Waals surface area contributed by atoms with Crippen LogP contribution < -0.4 is 10.6 Å². The summed E-state index contributed by atoms with van der Waals surface area (Å²) in [5.74, 6) is -0.0593. The molecule has 2 rings (SSSR count). The van der Waals surface area contributed by atoms with Gasteiger partial charge in [0.25, 0.3) is 5.91 Å². The summed E-state index contributed by atoms with van der Waals surface area (Å²) < 4.78 is 0.592. The number of phenolic OH excluding ortho intramolecular Hbond substituents is 1. The molecule has 1 fully saturated rings. The Bertz CT molecular complexity index is 431. The number of aromatic hydroxyl groups is 1. The molecule has 1 atom stereocenters. The number of carbonyl (C=O) groups excluding carboxylic acids is 1. The van der Waals surface area contributed by atoms with Crippen LogP contribution in [0.25, 0.3) is 0 Å². The van der Waals surface area contributed by atoms with Crippen molar-refractivity contribution in [2.75, 3.05) is 13.1 Å². The van der Waals surface area contributed by atoms with Crippen molar-refractivity contribution < 1.29 is 9.90 Å². The summed E-state index contributed by atoms with van der Waals surface area (Å²) in [5.41, 5.74) is 0.482. The Morgan fingerprint density at radius 2 is 2.39 bits per heavy atom. The molecule has 4 nitrogen and oxygen atoms in total. The van der Waals surface area contributed by atoms with Crippen LogP contribution in [0.1, 0.15) is 29.6 Å². The van der Waals surface area contributed by atoms with Crippen molar-refractivity contribution >= 4 is 21.8 Å². The number of halogens is 1. The molecule has 0 saturated carbocycles. The first kappa shape index (κ1) is 13.4. The maximum atomic E-state index is 11.8. The average molecular weight is 313 g/mol. The average Bonchev–Trinajstić information content (AvgIpc) is 2.85. The van der Waals surface area contributed by atoms with Crippen LogP contribution in [-0.4, -0.2) is 30.1 Å². The zero-order valence-electron chi connectivity index (χ0n) is 10.1. The van der Waals surface area contributed by atoms with E-state index in [1.54, 1.807) is 12.1 Å². The molecule has 0 unspecified atom stereocenters. The number of hydrogen-bond donors (Lipinski definition) is 3. The second-order valence-electron chi connectivity index (χ2n) is 4.50. The van der Waals surface area contributed by atoms with E-state index < -0.39 is 0 Å². The van der Waals surface area contributed by atoms with Crippen LogP contribution in [-0.2, 0) is 0 Å². The molecule has 0 aromatic heterocycles. The second-order valence-corrected chi connectivity index (χ2v) is 5.36. The van der Waals surface area contributed by atoms with Gasteiger partial charge in [0.2, 0.25) is 0 Å². The molecular weight excluding hydrogens is 296 g/mol. The summed E-state index contributed by atoms with van der Waals surface area (Å²) in [6.45, 7) is 1.74. The quantitative estimate of drug-likeness (QED) is 0.797. The van der Waals surface area contributed by atoms with E-state index in [4.69, 9.17) is 0 Å². The number of benzene rings is 1. The molecule has 1 saturated heterocycles. The van der Waals surface area contributed by atoms with Crippen LogP contribution in [0.3, 0.4) is 0 Å². The van der Waals surface area contributed by atoms with E-state index >= 15 is 0 Å². The highest BCUT2D eigenvalue weighted by Gasteiger charge is 2.14. The molecule has 1 heterocycles. The lowest BCUT2D eigenvalue weighted by Crippen LogP contribution is -2.30. The van der Waals surface area contributed by atoms with E-state index in [2.05, 4.69) is 26.6 Å². The normalized spacial score (nSPS) is 18.8. The fourth-order valence-corrected chi connectivity index (χ4v) is 2.37. The van der Waals surface area contributed by atoms with Gasteiger partial charge in [-0.25, -0.2) is 0 Å². The maximum absolute atomic E-state index is 11.8. The first-order chi connectivity index (χ1) is 8.66. The monoisotopic (exact) mass is 312 g/mol. The molecule has 0 radical (unpaired) electrons. The minimum Gasteiger partial charge on any atom is -0.507 e. The molecule has 18 heavy (non-hydrogen) atoms. The number of rotatable bonds is 4. The van der Waals surface area contributed by atoms with Gasteiger partial charge < -0.3 is 15.7 Å². The number of hydrogen-bond acceptors (Lipinski definition) is 3. The van der Waals surface area contributed by atoms with Gasteiger partial charge in [0.05, 0.1) is 4.47 Å². The lowest BCUT2D eigenvalue weighted by atomic mass is 10.1. The Morgan fingerprint density at radius 1 is 1.56 bits per heavy atom. The van der Waals surface area contributed by atoms with Crippen molar-refractivity contribution in [2.24, 2.45) is 0 Å². The van der Waals surface area contributed by atoms with Crippen LogP contribution in [0.15, 0.2) is 22.7 Å². The van der Waals surface area contributed by atoms with Gasteiger partial charge in [0, 0.05) is 18.2 Å². The van der Waals surface area contributed by atoms with E-state index in [0.717, 1.165) is 13.0 Å². The van der Waals surface area contributed by atoms with Crippen LogP contribution in [0.2, 0.25) is 0 Å². The van der Waals surface area contributed by atoms with Crippen molar-refractivity contribution in [3.8, 4) is 5.75 Å².